The zero-order valence-corrected chi connectivity index (χ0v) is 14.3. The average molecular weight is 325 g/mol. The van der Waals surface area contributed by atoms with Gasteiger partial charge >= 0.3 is 0 Å². The van der Waals surface area contributed by atoms with Crippen LogP contribution in [0.25, 0.3) is 10.2 Å². The van der Waals surface area contributed by atoms with Gasteiger partial charge in [-0.15, -0.1) is 11.3 Å². The van der Waals surface area contributed by atoms with E-state index >= 15 is 0 Å². The van der Waals surface area contributed by atoms with Crippen molar-refractivity contribution in [1.82, 2.24) is 9.97 Å². The first-order valence-electron chi connectivity index (χ1n) is 9.31. The second kappa shape index (κ2) is 4.47. The smallest absolute Gasteiger partial charge is 0.138 e. The first-order valence-corrected chi connectivity index (χ1v) is 10.1. The van der Waals surface area contributed by atoms with Crippen LogP contribution in [-0.2, 0) is 12.8 Å². The molecule has 0 saturated heterocycles. The van der Waals surface area contributed by atoms with Crippen molar-refractivity contribution in [3.63, 3.8) is 0 Å². The SMILES string of the molecule is c1nc(NC23CC4CC(CC(C4)C2)C3)c2c3c(sc2n1)CCC3. The van der Waals surface area contributed by atoms with Crippen LogP contribution in [0.4, 0.5) is 5.82 Å². The van der Waals surface area contributed by atoms with Gasteiger partial charge < -0.3 is 5.32 Å². The van der Waals surface area contributed by atoms with E-state index in [-0.39, 0.29) is 0 Å². The third-order valence-electron chi connectivity index (χ3n) is 6.92. The summed E-state index contributed by atoms with van der Waals surface area (Å²) in [6.07, 6.45) is 14.1. The van der Waals surface area contributed by atoms with E-state index in [1.807, 2.05) is 11.3 Å². The van der Waals surface area contributed by atoms with Crippen molar-refractivity contribution in [1.29, 1.82) is 0 Å². The molecule has 2 aromatic rings. The number of anilines is 1. The number of nitrogens with zero attached hydrogens (tertiary/aromatic N) is 2. The number of fused-ring (bicyclic) bond motifs is 3. The number of nitrogens with one attached hydrogen (secondary N) is 1. The quantitative estimate of drug-likeness (QED) is 0.879. The molecule has 1 N–H and O–H groups in total. The maximum atomic E-state index is 4.72. The number of aromatic nitrogens is 2. The monoisotopic (exact) mass is 325 g/mol. The fourth-order valence-electron chi connectivity index (χ4n) is 6.54. The van der Waals surface area contributed by atoms with E-state index in [1.165, 1.54) is 68.0 Å². The van der Waals surface area contributed by atoms with Crippen LogP contribution in [0.1, 0.15) is 55.4 Å². The van der Waals surface area contributed by atoms with Crippen LogP contribution < -0.4 is 5.32 Å². The number of hydrogen-bond acceptors (Lipinski definition) is 4. The van der Waals surface area contributed by atoms with Crippen LogP contribution >= 0.6 is 11.3 Å². The molecule has 0 radical (unpaired) electrons. The minimum Gasteiger partial charge on any atom is -0.364 e. The Morgan fingerprint density at radius 3 is 2.48 bits per heavy atom. The first-order chi connectivity index (χ1) is 11.3. The summed E-state index contributed by atoms with van der Waals surface area (Å²) in [6.45, 7) is 0. The van der Waals surface area contributed by atoms with E-state index in [9.17, 15) is 0 Å². The van der Waals surface area contributed by atoms with Gasteiger partial charge in [-0.25, -0.2) is 9.97 Å². The third kappa shape index (κ3) is 1.87. The minimum absolute atomic E-state index is 0.337. The van der Waals surface area contributed by atoms with Crippen molar-refractivity contribution in [2.45, 2.75) is 63.3 Å². The molecule has 5 aliphatic carbocycles. The topological polar surface area (TPSA) is 37.8 Å². The van der Waals surface area contributed by atoms with Crippen molar-refractivity contribution in [3.05, 3.63) is 16.8 Å². The number of hydrogen-bond donors (Lipinski definition) is 1. The van der Waals surface area contributed by atoms with E-state index in [2.05, 4.69) is 10.3 Å². The molecule has 0 atom stereocenters. The van der Waals surface area contributed by atoms with E-state index in [1.54, 1.807) is 16.8 Å². The van der Waals surface area contributed by atoms with Gasteiger partial charge in [-0.1, -0.05) is 0 Å². The molecule has 0 aromatic carbocycles. The van der Waals surface area contributed by atoms with Gasteiger partial charge in [0, 0.05) is 10.4 Å². The summed E-state index contributed by atoms with van der Waals surface area (Å²) in [5.41, 5.74) is 1.89. The molecule has 0 aliphatic heterocycles. The highest BCUT2D eigenvalue weighted by Gasteiger charge is 2.51. The summed E-state index contributed by atoms with van der Waals surface area (Å²) in [5.74, 6) is 4.06. The Kier molecular flexibility index (Phi) is 2.56. The molecular formula is C19H23N3S. The molecule has 4 saturated carbocycles. The van der Waals surface area contributed by atoms with Crippen molar-refractivity contribution in [3.8, 4) is 0 Å². The van der Waals surface area contributed by atoms with Gasteiger partial charge in [0.25, 0.3) is 0 Å². The summed E-state index contributed by atoms with van der Waals surface area (Å²) in [5, 5.41) is 5.36. The van der Waals surface area contributed by atoms with E-state index < -0.39 is 0 Å². The molecule has 7 rings (SSSR count). The van der Waals surface area contributed by atoms with Crippen LogP contribution in [0.5, 0.6) is 0 Å². The fraction of sp³-hybridized carbons (Fsp3) is 0.684. The summed E-state index contributed by atoms with van der Waals surface area (Å²) in [4.78, 5) is 12.1. The number of rotatable bonds is 2. The van der Waals surface area contributed by atoms with Gasteiger partial charge in [-0.05, 0) is 81.1 Å². The molecule has 0 spiro atoms. The lowest BCUT2D eigenvalue weighted by atomic mass is 9.53. The third-order valence-corrected chi connectivity index (χ3v) is 8.12. The van der Waals surface area contributed by atoms with Crippen molar-refractivity contribution < 1.29 is 0 Å². The molecule has 0 amide bonds. The molecule has 2 heterocycles. The maximum absolute atomic E-state index is 4.72. The summed E-state index contributed by atoms with van der Waals surface area (Å²) >= 11 is 1.90. The van der Waals surface area contributed by atoms with Gasteiger partial charge in [0.1, 0.15) is 17.0 Å². The highest BCUT2D eigenvalue weighted by Crippen LogP contribution is 2.57. The van der Waals surface area contributed by atoms with Crippen molar-refractivity contribution in [2.75, 3.05) is 5.32 Å². The van der Waals surface area contributed by atoms with Crippen LogP contribution in [0.2, 0.25) is 0 Å². The summed E-state index contributed by atoms with van der Waals surface area (Å²) in [7, 11) is 0. The lowest BCUT2D eigenvalue weighted by Crippen LogP contribution is -2.54. The lowest BCUT2D eigenvalue weighted by Gasteiger charge is -2.57. The Hall–Kier alpha value is -1.16. The fourth-order valence-corrected chi connectivity index (χ4v) is 7.77. The Labute approximate surface area is 140 Å². The van der Waals surface area contributed by atoms with Crippen LogP contribution in [-0.4, -0.2) is 15.5 Å². The van der Waals surface area contributed by atoms with Gasteiger partial charge in [-0.2, -0.15) is 0 Å². The predicted molar refractivity (Wildman–Crippen MR) is 94.0 cm³/mol. The Balaban J connectivity index is 1.44. The normalized spacial score (nSPS) is 37.5. The molecule has 23 heavy (non-hydrogen) atoms. The van der Waals surface area contributed by atoms with E-state index in [0.29, 0.717) is 5.54 Å². The average Bonchev–Trinajstić information content (AvgIpc) is 3.05. The predicted octanol–water partition coefficient (Wildman–Crippen LogP) is 4.56. The summed E-state index contributed by atoms with van der Waals surface area (Å²) in [6, 6.07) is 0. The highest BCUT2D eigenvalue weighted by molar-refractivity contribution is 7.19. The van der Waals surface area contributed by atoms with Crippen LogP contribution in [0, 0.1) is 17.8 Å². The van der Waals surface area contributed by atoms with Gasteiger partial charge in [-0.3, -0.25) is 0 Å². The molecule has 2 aromatic heterocycles. The molecule has 5 aliphatic rings. The van der Waals surface area contributed by atoms with Crippen LogP contribution in [0.3, 0.4) is 0 Å². The Morgan fingerprint density at radius 1 is 1.00 bits per heavy atom. The Bertz CT molecular complexity index is 758. The maximum Gasteiger partial charge on any atom is 0.138 e. The summed E-state index contributed by atoms with van der Waals surface area (Å²) < 4.78 is 0. The molecule has 120 valence electrons. The Morgan fingerprint density at radius 2 is 1.74 bits per heavy atom. The second-order valence-corrected chi connectivity index (χ2v) is 9.67. The molecule has 0 unspecified atom stereocenters. The van der Waals surface area contributed by atoms with Gasteiger partial charge in [0.2, 0.25) is 0 Å². The van der Waals surface area contributed by atoms with E-state index in [4.69, 9.17) is 4.98 Å². The molecule has 4 fully saturated rings. The van der Waals surface area contributed by atoms with Crippen molar-refractivity contribution >= 4 is 27.4 Å². The standard InChI is InChI=1S/C19H23N3S/c1-2-14-15(3-1)23-18-16(14)17(20-10-21-18)22-19-7-11-4-12(8-19)6-13(5-11)9-19/h10-13H,1-9H2,(H,20,21,22). The number of thiophene rings is 1. The first kappa shape index (κ1) is 13.2. The van der Waals surface area contributed by atoms with Gasteiger partial charge in [0.05, 0.1) is 5.39 Å². The molecular weight excluding hydrogens is 302 g/mol. The van der Waals surface area contributed by atoms with Crippen molar-refractivity contribution in [2.24, 2.45) is 17.8 Å². The number of aryl methyl sites for hydroxylation is 2. The minimum atomic E-state index is 0.337. The second-order valence-electron chi connectivity index (χ2n) is 8.58. The molecule has 4 heteroatoms. The molecule has 4 bridgehead atoms. The zero-order valence-electron chi connectivity index (χ0n) is 13.5. The van der Waals surface area contributed by atoms with Crippen LogP contribution in [0.15, 0.2) is 6.33 Å². The molecule has 3 nitrogen and oxygen atoms in total. The van der Waals surface area contributed by atoms with E-state index in [0.717, 1.165) is 23.6 Å². The van der Waals surface area contributed by atoms with Gasteiger partial charge in [0.15, 0.2) is 0 Å². The largest absolute Gasteiger partial charge is 0.364 e. The zero-order chi connectivity index (χ0) is 15.0. The highest BCUT2D eigenvalue weighted by atomic mass is 32.1. The lowest BCUT2D eigenvalue weighted by molar-refractivity contribution is 0.0106.